The summed E-state index contributed by atoms with van der Waals surface area (Å²) in [7, 11) is 0. The van der Waals surface area contributed by atoms with Gasteiger partial charge in [0, 0.05) is 17.0 Å². The van der Waals surface area contributed by atoms with Crippen molar-refractivity contribution in [2.24, 2.45) is 0 Å². The summed E-state index contributed by atoms with van der Waals surface area (Å²) in [6.07, 6.45) is 1.72. The molecule has 0 spiro atoms. The Morgan fingerprint density at radius 1 is 1.00 bits per heavy atom. The summed E-state index contributed by atoms with van der Waals surface area (Å²) >= 11 is 13.8. The summed E-state index contributed by atoms with van der Waals surface area (Å²) in [5, 5.41) is 3.58. The lowest BCUT2D eigenvalue weighted by Crippen LogP contribution is -1.72. The van der Waals surface area contributed by atoms with Crippen molar-refractivity contribution in [2.75, 3.05) is 0 Å². The van der Waals surface area contributed by atoms with Crippen molar-refractivity contribution in [1.29, 1.82) is 0 Å². The van der Waals surface area contributed by atoms with Crippen LogP contribution in [-0.2, 0) is 0 Å². The topological polar surface area (TPSA) is 12.9 Å². The molecule has 3 aromatic rings. The lowest BCUT2D eigenvalue weighted by Gasteiger charge is -1.92. The van der Waals surface area contributed by atoms with Crippen LogP contribution in [0.1, 0.15) is 0 Å². The molecule has 1 aromatic carbocycles. The molecule has 0 saturated heterocycles. The fourth-order valence-corrected chi connectivity index (χ4v) is 3.31. The summed E-state index contributed by atoms with van der Waals surface area (Å²) in [6, 6.07) is 7.86. The maximum absolute atomic E-state index is 6.13. The first-order valence-electron chi connectivity index (χ1n) is 4.38. The number of thiophene rings is 1. The van der Waals surface area contributed by atoms with Crippen LogP contribution in [0.25, 0.3) is 20.2 Å². The third kappa shape index (κ3) is 1.33. The van der Waals surface area contributed by atoms with Gasteiger partial charge in [0.05, 0.1) is 14.4 Å². The number of rotatable bonds is 0. The molecule has 0 N–H and O–H groups in total. The first-order valence-corrected chi connectivity index (χ1v) is 5.96. The van der Waals surface area contributed by atoms with Crippen molar-refractivity contribution in [2.45, 2.75) is 0 Å². The highest BCUT2D eigenvalue weighted by Crippen LogP contribution is 2.39. The number of halogens is 2. The van der Waals surface area contributed by atoms with Gasteiger partial charge in [-0.1, -0.05) is 35.3 Å². The van der Waals surface area contributed by atoms with E-state index in [0.29, 0.717) is 5.15 Å². The number of hydrogen-bond donors (Lipinski definition) is 0. The number of fused-ring (bicyclic) bond motifs is 3. The Labute approximate surface area is 100 Å². The zero-order valence-corrected chi connectivity index (χ0v) is 9.83. The normalized spacial score (nSPS) is 11.3. The summed E-state index contributed by atoms with van der Waals surface area (Å²) in [5.74, 6) is 0. The van der Waals surface area contributed by atoms with Gasteiger partial charge in [0.1, 0.15) is 5.15 Å². The van der Waals surface area contributed by atoms with Gasteiger partial charge in [-0.15, -0.1) is 11.3 Å². The predicted molar refractivity (Wildman–Crippen MR) is 67.1 cm³/mol. The fraction of sp³-hybridized carbons (Fsp3) is 0. The Balaban J connectivity index is 2.63. The molecule has 2 heterocycles. The van der Waals surface area contributed by atoms with Crippen molar-refractivity contribution in [1.82, 2.24) is 4.98 Å². The van der Waals surface area contributed by atoms with Crippen LogP contribution < -0.4 is 0 Å². The quantitative estimate of drug-likeness (QED) is 0.527. The predicted octanol–water partition coefficient (Wildman–Crippen LogP) is 4.76. The Hall–Kier alpha value is -0.830. The van der Waals surface area contributed by atoms with E-state index >= 15 is 0 Å². The van der Waals surface area contributed by atoms with Gasteiger partial charge in [0.25, 0.3) is 0 Å². The van der Waals surface area contributed by atoms with Crippen LogP contribution in [0, 0.1) is 0 Å². The molecular weight excluding hydrogens is 249 g/mol. The van der Waals surface area contributed by atoms with E-state index in [9.17, 15) is 0 Å². The Morgan fingerprint density at radius 3 is 2.67 bits per heavy atom. The molecule has 4 heteroatoms. The van der Waals surface area contributed by atoms with Gasteiger partial charge in [-0.25, -0.2) is 4.98 Å². The van der Waals surface area contributed by atoms with Crippen LogP contribution in [0.3, 0.4) is 0 Å². The number of nitrogens with zero attached hydrogens (tertiary/aromatic N) is 1. The monoisotopic (exact) mass is 253 g/mol. The second kappa shape index (κ2) is 3.34. The standard InChI is InChI=1S/C11H5Cl2NS/c12-8-3-1-2-6-7-4-5-14-11(13)10(7)15-9(6)8/h1-5H. The van der Waals surface area contributed by atoms with E-state index < -0.39 is 0 Å². The third-order valence-electron chi connectivity index (χ3n) is 2.32. The van der Waals surface area contributed by atoms with Crippen LogP contribution in [-0.4, -0.2) is 4.98 Å². The first-order chi connectivity index (χ1) is 7.27. The van der Waals surface area contributed by atoms with Crippen LogP contribution in [0.4, 0.5) is 0 Å². The van der Waals surface area contributed by atoms with Crippen molar-refractivity contribution in [3.63, 3.8) is 0 Å². The second-order valence-corrected chi connectivity index (χ2v) is 4.98. The highest BCUT2D eigenvalue weighted by atomic mass is 35.5. The van der Waals surface area contributed by atoms with Gasteiger partial charge in [-0.3, -0.25) is 0 Å². The summed E-state index contributed by atoms with van der Waals surface area (Å²) < 4.78 is 2.08. The largest absolute Gasteiger partial charge is 0.243 e. The number of aromatic nitrogens is 1. The molecule has 0 amide bonds. The first kappa shape index (κ1) is 9.40. The van der Waals surface area contributed by atoms with Gasteiger partial charge < -0.3 is 0 Å². The smallest absolute Gasteiger partial charge is 0.146 e. The average Bonchev–Trinajstić information content (AvgIpc) is 2.60. The zero-order valence-electron chi connectivity index (χ0n) is 7.50. The minimum absolute atomic E-state index is 0.546. The summed E-state index contributed by atoms with van der Waals surface area (Å²) in [5.41, 5.74) is 0. The molecular formula is C11H5Cl2NS. The van der Waals surface area contributed by atoms with E-state index in [4.69, 9.17) is 23.2 Å². The molecule has 0 aliphatic heterocycles. The molecule has 0 atom stereocenters. The third-order valence-corrected chi connectivity index (χ3v) is 4.41. The minimum atomic E-state index is 0.546. The van der Waals surface area contributed by atoms with E-state index in [1.807, 2.05) is 18.2 Å². The maximum atomic E-state index is 6.13. The van der Waals surface area contributed by atoms with Gasteiger partial charge in [0.2, 0.25) is 0 Å². The average molecular weight is 254 g/mol. The lowest BCUT2D eigenvalue weighted by atomic mass is 10.2. The van der Waals surface area contributed by atoms with Crippen molar-refractivity contribution >= 4 is 54.7 Å². The molecule has 0 fully saturated rings. The number of benzene rings is 1. The van der Waals surface area contributed by atoms with E-state index in [2.05, 4.69) is 11.1 Å². The molecule has 0 aliphatic rings. The molecule has 0 bridgehead atoms. The van der Waals surface area contributed by atoms with Crippen LogP contribution in [0.2, 0.25) is 10.2 Å². The molecule has 1 nitrogen and oxygen atoms in total. The van der Waals surface area contributed by atoms with Gasteiger partial charge in [0.15, 0.2) is 0 Å². The van der Waals surface area contributed by atoms with Gasteiger partial charge in [-0.2, -0.15) is 0 Å². The SMILES string of the molecule is Clc1cccc2c1sc1c(Cl)nccc12. The lowest BCUT2D eigenvalue weighted by molar-refractivity contribution is 1.37. The van der Waals surface area contributed by atoms with Crippen LogP contribution in [0.5, 0.6) is 0 Å². The van der Waals surface area contributed by atoms with Crippen molar-refractivity contribution < 1.29 is 0 Å². The zero-order chi connectivity index (χ0) is 10.4. The number of hydrogen-bond acceptors (Lipinski definition) is 2. The molecule has 0 saturated carbocycles. The van der Waals surface area contributed by atoms with Crippen LogP contribution in [0.15, 0.2) is 30.5 Å². The van der Waals surface area contributed by atoms with Crippen molar-refractivity contribution in [3.05, 3.63) is 40.6 Å². The molecule has 74 valence electrons. The Morgan fingerprint density at radius 2 is 1.80 bits per heavy atom. The van der Waals surface area contributed by atoms with Gasteiger partial charge in [-0.05, 0) is 12.1 Å². The highest BCUT2D eigenvalue weighted by molar-refractivity contribution is 7.26. The molecule has 2 aromatic heterocycles. The molecule has 0 unspecified atom stereocenters. The molecule has 15 heavy (non-hydrogen) atoms. The van der Waals surface area contributed by atoms with Gasteiger partial charge >= 0.3 is 0 Å². The molecule has 0 radical (unpaired) electrons. The Kier molecular flexibility index (Phi) is 2.09. The minimum Gasteiger partial charge on any atom is -0.243 e. The van der Waals surface area contributed by atoms with E-state index in [-0.39, 0.29) is 0 Å². The second-order valence-electron chi connectivity index (χ2n) is 3.20. The highest BCUT2D eigenvalue weighted by Gasteiger charge is 2.09. The van der Waals surface area contributed by atoms with Crippen LogP contribution >= 0.6 is 34.5 Å². The van der Waals surface area contributed by atoms with E-state index in [1.54, 1.807) is 17.5 Å². The Bertz CT molecular complexity index is 604. The van der Waals surface area contributed by atoms with E-state index in [1.165, 1.54) is 0 Å². The molecule has 3 rings (SSSR count). The number of pyridine rings is 1. The maximum Gasteiger partial charge on any atom is 0.146 e. The summed E-state index contributed by atoms with van der Waals surface area (Å²) in [4.78, 5) is 4.07. The summed E-state index contributed by atoms with van der Waals surface area (Å²) in [6.45, 7) is 0. The van der Waals surface area contributed by atoms with Crippen molar-refractivity contribution in [3.8, 4) is 0 Å². The molecule has 0 aliphatic carbocycles. The van der Waals surface area contributed by atoms with E-state index in [0.717, 1.165) is 25.2 Å². The fourth-order valence-electron chi connectivity index (χ4n) is 1.66.